The Morgan fingerprint density at radius 3 is 2.58 bits per heavy atom. The zero-order valence-electron chi connectivity index (χ0n) is 12.1. The van der Waals surface area contributed by atoms with Gasteiger partial charge in [0.1, 0.15) is 12.6 Å². The van der Waals surface area contributed by atoms with E-state index >= 15 is 0 Å². The lowest BCUT2D eigenvalue weighted by Crippen LogP contribution is -2.56. The summed E-state index contributed by atoms with van der Waals surface area (Å²) in [6.07, 6.45) is -6.56. The van der Waals surface area contributed by atoms with E-state index in [2.05, 4.69) is 0 Å². The molecule has 0 aliphatic carbocycles. The van der Waals surface area contributed by atoms with Crippen molar-refractivity contribution in [1.82, 2.24) is 10.2 Å². The molecule has 132 valence electrons. The van der Waals surface area contributed by atoms with Gasteiger partial charge in [0.25, 0.3) is 0 Å². The Kier molecular flexibility index (Phi) is 4.95. The van der Waals surface area contributed by atoms with Crippen molar-refractivity contribution in [3.05, 3.63) is 35.4 Å². The number of piperidine rings is 1. The number of amides is 2. The lowest BCUT2D eigenvalue weighted by atomic mass is 9.87. The summed E-state index contributed by atoms with van der Waals surface area (Å²) in [6.45, 7) is -2.09. The average Bonchev–Trinajstić information content (AvgIpc) is 2.44. The van der Waals surface area contributed by atoms with E-state index in [1.807, 2.05) is 5.32 Å². The van der Waals surface area contributed by atoms with E-state index in [4.69, 9.17) is 5.11 Å². The topological polar surface area (TPSA) is 69.6 Å². The highest BCUT2D eigenvalue weighted by atomic mass is 19.4. The molecule has 2 rings (SSSR count). The van der Waals surface area contributed by atoms with E-state index in [-0.39, 0.29) is 12.0 Å². The zero-order valence-corrected chi connectivity index (χ0v) is 12.1. The Labute approximate surface area is 133 Å². The van der Waals surface area contributed by atoms with E-state index < -0.39 is 54.9 Å². The van der Waals surface area contributed by atoms with Crippen LogP contribution >= 0.6 is 0 Å². The quantitative estimate of drug-likeness (QED) is 0.821. The summed E-state index contributed by atoms with van der Waals surface area (Å²) >= 11 is 0. The van der Waals surface area contributed by atoms with Gasteiger partial charge in [0.15, 0.2) is 11.6 Å². The number of hydrogen-bond acceptors (Lipinski definition) is 2. The molecule has 2 atom stereocenters. The summed E-state index contributed by atoms with van der Waals surface area (Å²) in [5.41, 5.74) is -0.202. The zero-order chi connectivity index (χ0) is 18.1. The van der Waals surface area contributed by atoms with Crippen LogP contribution in [-0.4, -0.2) is 47.3 Å². The van der Waals surface area contributed by atoms with Gasteiger partial charge in [0.05, 0.1) is 0 Å². The second-order valence-electron chi connectivity index (χ2n) is 5.41. The fourth-order valence-electron chi connectivity index (χ4n) is 2.73. The average molecular weight is 352 g/mol. The van der Waals surface area contributed by atoms with Crippen LogP contribution in [0.25, 0.3) is 0 Å². The SMILES string of the molecule is O=C(O)N[C@@H]1C[C@H](c2cccc(F)c2F)CN(CC(F)(F)F)C1=O. The van der Waals surface area contributed by atoms with Crippen LogP contribution in [-0.2, 0) is 4.79 Å². The first-order valence-corrected chi connectivity index (χ1v) is 6.87. The van der Waals surface area contributed by atoms with Crippen molar-refractivity contribution in [2.45, 2.75) is 24.6 Å². The molecule has 1 saturated heterocycles. The number of nitrogens with one attached hydrogen (secondary N) is 1. The molecule has 0 radical (unpaired) electrons. The molecule has 0 bridgehead atoms. The highest BCUT2D eigenvalue weighted by molar-refractivity contribution is 5.86. The van der Waals surface area contributed by atoms with Crippen molar-refractivity contribution >= 4 is 12.0 Å². The number of benzene rings is 1. The number of rotatable bonds is 3. The van der Waals surface area contributed by atoms with E-state index in [0.29, 0.717) is 4.90 Å². The first-order valence-electron chi connectivity index (χ1n) is 6.87. The summed E-state index contributed by atoms with van der Waals surface area (Å²) < 4.78 is 65.1. The van der Waals surface area contributed by atoms with Gasteiger partial charge >= 0.3 is 12.3 Å². The predicted octanol–water partition coefficient (Wildman–Crippen LogP) is 2.48. The molecule has 24 heavy (non-hydrogen) atoms. The second-order valence-corrected chi connectivity index (χ2v) is 5.41. The third kappa shape index (κ3) is 4.12. The molecule has 1 heterocycles. The maximum Gasteiger partial charge on any atom is 0.406 e. The Hall–Kier alpha value is -2.39. The molecule has 1 aliphatic heterocycles. The number of likely N-dealkylation sites (tertiary alicyclic amines) is 1. The van der Waals surface area contributed by atoms with Crippen LogP contribution in [0.4, 0.5) is 26.7 Å². The van der Waals surface area contributed by atoms with Crippen LogP contribution in [0.15, 0.2) is 18.2 Å². The molecule has 10 heteroatoms. The van der Waals surface area contributed by atoms with E-state index in [1.54, 1.807) is 0 Å². The van der Waals surface area contributed by atoms with Crippen molar-refractivity contribution in [2.24, 2.45) is 0 Å². The first kappa shape index (κ1) is 18.0. The standard InChI is InChI=1S/C14H13F5N2O3/c15-9-3-1-2-8(11(9)16)7-4-10(20-13(23)24)12(22)21(5-7)6-14(17,18)19/h1-3,7,10,20H,4-6H2,(H,23,24)/t7-,10+/m0/s1. The minimum atomic E-state index is -4.70. The number of hydrogen-bond donors (Lipinski definition) is 2. The van der Waals surface area contributed by atoms with Gasteiger partial charge < -0.3 is 15.3 Å². The molecule has 2 amide bonds. The van der Waals surface area contributed by atoms with E-state index in [9.17, 15) is 31.5 Å². The largest absolute Gasteiger partial charge is 0.465 e. The normalized spacial score (nSPS) is 21.7. The third-order valence-corrected chi connectivity index (χ3v) is 3.66. The van der Waals surface area contributed by atoms with Gasteiger partial charge in [-0.3, -0.25) is 4.79 Å². The van der Waals surface area contributed by atoms with E-state index in [1.165, 1.54) is 12.1 Å². The molecule has 1 aliphatic rings. The van der Waals surface area contributed by atoms with Gasteiger partial charge in [-0.1, -0.05) is 12.1 Å². The molecule has 1 aromatic carbocycles. The highest BCUT2D eigenvalue weighted by Gasteiger charge is 2.42. The molecule has 0 aromatic heterocycles. The van der Waals surface area contributed by atoms with Crippen LogP contribution in [0.2, 0.25) is 0 Å². The molecule has 5 nitrogen and oxygen atoms in total. The molecule has 0 unspecified atom stereocenters. The second kappa shape index (κ2) is 6.62. The van der Waals surface area contributed by atoms with E-state index in [0.717, 1.165) is 6.07 Å². The van der Waals surface area contributed by atoms with Crippen LogP contribution in [0.5, 0.6) is 0 Å². The number of carboxylic acid groups (broad SMARTS) is 1. The molecule has 1 aromatic rings. The minimum absolute atomic E-state index is 0.202. The van der Waals surface area contributed by atoms with Crippen molar-refractivity contribution in [3.8, 4) is 0 Å². The van der Waals surface area contributed by atoms with Gasteiger partial charge in [-0.15, -0.1) is 0 Å². The lowest BCUT2D eigenvalue weighted by molar-refractivity contribution is -0.165. The smallest absolute Gasteiger partial charge is 0.406 e. The third-order valence-electron chi connectivity index (χ3n) is 3.66. The van der Waals surface area contributed by atoms with Crippen LogP contribution in [0, 0.1) is 11.6 Å². The van der Waals surface area contributed by atoms with Gasteiger partial charge in [-0.25, -0.2) is 13.6 Å². The number of halogens is 5. The summed E-state index contributed by atoms with van der Waals surface area (Å²) in [5, 5.41) is 10.5. The van der Waals surface area contributed by atoms with Crippen LogP contribution < -0.4 is 5.32 Å². The Balaban J connectivity index is 2.33. The molecule has 0 saturated carbocycles. The Morgan fingerprint density at radius 1 is 1.33 bits per heavy atom. The van der Waals surface area contributed by atoms with Gasteiger partial charge in [-0.2, -0.15) is 13.2 Å². The highest BCUT2D eigenvalue weighted by Crippen LogP contribution is 2.32. The fourth-order valence-corrected chi connectivity index (χ4v) is 2.73. The molecule has 1 fully saturated rings. The Bertz CT molecular complexity index is 650. The van der Waals surface area contributed by atoms with Crippen LogP contribution in [0.1, 0.15) is 17.9 Å². The number of nitrogens with zero attached hydrogens (tertiary/aromatic N) is 1. The fraction of sp³-hybridized carbons (Fsp3) is 0.429. The summed E-state index contributed by atoms with van der Waals surface area (Å²) in [4.78, 5) is 23.1. The maximum atomic E-state index is 13.9. The molecular weight excluding hydrogens is 339 g/mol. The summed E-state index contributed by atoms with van der Waals surface area (Å²) in [7, 11) is 0. The minimum Gasteiger partial charge on any atom is -0.465 e. The molecular formula is C14H13F5N2O3. The predicted molar refractivity (Wildman–Crippen MR) is 71.3 cm³/mol. The summed E-state index contributed by atoms with van der Waals surface area (Å²) in [5.74, 6) is -4.42. The number of carbonyl (C=O) groups excluding carboxylic acids is 1. The van der Waals surface area contributed by atoms with Crippen LogP contribution in [0.3, 0.4) is 0 Å². The first-order chi connectivity index (χ1) is 11.1. The van der Waals surface area contributed by atoms with Crippen molar-refractivity contribution in [3.63, 3.8) is 0 Å². The van der Waals surface area contributed by atoms with Crippen molar-refractivity contribution in [2.75, 3.05) is 13.1 Å². The van der Waals surface area contributed by atoms with Gasteiger partial charge in [0, 0.05) is 12.5 Å². The Morgan fingerprint density at radius 2 is 2.00 bits per heavy atom. The molecule has 2 N–H and O–H groups in total. The van der Waals surface area contributed by atoms with Crippen molar-refractivity contribution < 1.29 is 36.6 Å². The van der Waals surface area contributed by atoms with Gasteiger partial charge in [-0.05, 0) is 18.1 Å². The maximum absolute atomic E-state index is 13.9. The van der Waals surface area contributed by atoms with Gasteiger partial charge in [0.2, 0.25) is 5.91 Å². The number of alkyl halides is 3. The monoisotopic (exact) mass is 352 g/mol. The summed E-state index contributed by atoms with van der Waals surface area (Å²) in [6, 6.07) is 1.78. The van der Waals surface area contributed by atoms with Crippen molar-refractivity contribution in [1.29, 1.82) is 0 Å². The lowest BCUT2D eigenvalue weighted by Gasteiger charge is -2.37. The number of carbonyl (C=O) groups is 2. The molecule has 0 spiro atoms.